The zero-order chi connectivity index (χ0) is 21.4. The first-order valence-corrected chi connectivity index (χ1v) is 8.76. The van der Waals surface area contributed by atoms with Gasteiger partial charge in [0, 0.05) is 26.2 Å². The van der Waals surface area contributed by atoms with Gasteiger partial charge in [-0.2, -0.15) is 31.4 Å². The van der Waals surface area contributed by atoms with Crippen LogP contribution in [-0.4, -0.2) is 64.4 Å². The van der Waals surface area contributed by atoms with E-state index in [9.17, 15) is 31.1 Å². The summed E-state index contributed by atoms with van der Waals surface area (Å²) in [4.78, 5) is 14.9. The first-order chi connectivity index (χ1) is 13.5. The zero-order valence-electron chi connectivity index (χ0n) is 15.4. The maximum absolute atomic E-state index is 13.7. The van der Waals surface area contributed by atoms with Gasteiger partial charge in [0.1, 0.15) is 0 Å². The second-order valence-corrected chi connectivity index (χ2v) is 6.84. The Bertz CT molecular complexity index is 864. The highest BCUT2D eigenvalue weighted by Crippen LogP contribution is 2.34. The molecule has 1 saturated heterocycles. The van der Waals surface area contributed by atoms with Crippen molar-refractivity contribution in [3.05, 3.63) is 47.3 Å². The highest BCUT2D eigenvalue weighted by atomic mass is 19.4. The Kier molecular flexibility index (Phi) is 5.61. The zero-order valence-corrected chi connectivity index (χ0v) is 15.4. The smallest absolute Gasteiger partial charge is 0.336 e. The molecule has 2 heterocycles. The molecule has 1 aromatic carbocycles. The van der Waals surface area contributed by atoms with Crippen LogP contribution in [0.1, 0.15) is 21.6 Å². The summed E-state index contributed by atoms with van der Waals surface area (Å²) in [7, 11) is 0. The fourth-order valence-electron chi connectivity index (χ4n) is 3.19. The average molecular weight is 420 g/mol. The van der Waals surface area contributed by atoms with Gasteiger partial charge in [-0.1, -0.05) is 17.7 Å². The number of halogens is 6. The van der Waals surface area contributed by atoms with E-state index in [-0.39, 0.29) is 31.9 Å². The van der Waals surface area contributed by atoms with Gasteiger partial charge in [0.25, 0.3) is 5.91 Å². The Morgan fingerprint density at radius 1 is 1.00 bits per heavy atom. The Hall–Kier alpha value is -2.56. The van der Waals surface area contributed by atoms with E-state index in [1.807, 2.05) is 0 Å². The van der Waals surface area contributed by atoms with Crippen molar-refractivity contribution in [3.8, 4) is 5.69 Å². The summed E-state index contributed by atoms with van der Waals surface area (Å²) < 4.78 is 79.2. The van der Waals surface area contributed by atoms with Gasteiger partial charge in [-0.3, -0.25) is 9.69 Å². The van der Waals surface area contributed by atoms with Gasteiger partial charge in [-0.15, -0.1) is 0 Å². The third kappa shape index (κ3) is 4.89. The van der Waals surface area contributed by atoms with Crippen LogP contribution < -0.4 is 0 Å². The molecule has 0 bridgehead atoms. The molecule has 1 fully saturated rings. The lowest BCUT2D eigenvalue weighted by atomic mass is 10.1. The number of carbonyl (C=O) groups is 1. The summed E-state index contributed by atoms with van der Waals surface area (Å²) in [5.41, 5.74) is -0.828. The summed E-state index contributed by atoms with van der Waals surface area (Å²) in [6.45, 7) is 0.334. The van der Waals surface area contributed by atoms with E-state index < -0.39 is 36.1 Å². The second kappa shape index (κ2) is 7.69. The molecule has 0 unspecified atom stereocenters. The molecule has 1 aliphatic rings. The molecule has 0 N–H and O–H groups in total. The van der Waals surface area contributed by atoms with Crippen LogP contribution in [0.15, 0.2) is 30.5 Å². The number of aromatic nitrogens is 2. The Labute approximate surface area is 162 Å². The van der Waals surface area contributed by atoms with Crippen molar-refractivity contribution in [3.63, 3.8) is 0 Å². The predicted octanol–water partition coefficient (Wildman–Crippen LogP) is 3.52. The number of nitrogens with zero attached hydrogens (tertiary/aromatic N) is 4. The molecule has 158 valence electrons. The first-order valence-electron chi connectivity index (χ1n) is 8.76. The van der Waals surface area contributed by atoms with Gasteiger partial charge < -0.3 is 4.90 Å². The average Bonchev–Trinajstić information content (AvgIpc) is 3.06. The maximum atomic E-state index is 13.7. The highest BCUT2D eigenvalue weighted by Gasteiger charge is 2.42. The van der Waals surface area contributed by atoms with Crippen molar-refractivity contribution in [2.45, 2.75) is 19.3 Å². The highest BCUT2D eigenvalue weighted by molar-refractivity contribution is 5.95. The number of hydrogen-bond donors (Lipinski definition) is 0. The van der Waals surface area contributed by atoms with Crippen LogP contribution in [0.4, 0.5) is 26.3 Å². The quantitative estimate of drug-likeness (QED) is 0.714. The number of rotatable bonds is 3. The third-order valence-electron chi connectivity index (χ3n) is 4.61. The fourth-order valence-corrected chi connectivity index (χ4v) is 3.19. The predicted molar refractivity (Wildman–Crippen MR) is 91.7 cm³/mol. The topological polar surface area (TPSA) is 41.4 Å². The van der Waals surface area contributed by atoms with Crippen LogP contribution in [0, 0.1) is 6.92 Å². The van der Waals surface area contributed by atoms with Crippen molar-refractivity contribution in [1.82, 2.24) is 19.6 Å². The molecule has 0 radical (unpaired) electrons. The van der Waals surface area contributed by atoms with E-state index in [0.717, 1.165) is 21.6 Å². The summed E-state index contributed by atoms with van der Waals surface area (Å²) in [6.07, 6.45) is -8.36. The number of amides is 1. The molecule has 1 amide bonds. The van der Waals surface area contributed by atoms with Crippen LogP contribution in [0.25, 0.3) is 5.69 Å². The van der Waals surface area contributed by atoms with Crippen LogP contribution in [0.2, 0.25) is 0 Å². The van der Waals surface area contributed by atoms with Gasteiger partial charge in [-0.05, 0) is 19.1 Å². The van der Waals surface area contributed by atoms with Gasteiger partial charge in [0.15, 0.2) is 5.69 Å². The molecular formula is C18H18F6N4O. The molecular weight excluding hydrogens is 402 g/mol. The fraction of sp³-hybridized carbons (Fsp3) is 0.444. The number of carbonyl (C=O) groups excluding carboxylic acids is 1. The molecule has 0 atom stereocenters. The van der Waals surface area contributed by atoms with Crippen molar-refractivity contribution >= 4 is 5.91 Å². The standard InChI is InChI=1S/C18H18F6N4O/c1-12-2-4-13(5-3-12)28-15(18(22,23)24)14(10-25-28)16(29)27-8-6-26(7-9-27)11-17(19,20)21/h2-5,10H,6-9,11H2,1H3. The Morgan fingerprint density at radius 3 is 2.10 bits per heavy atom. The molecule has 1 aromatic heterocycles. The lowest BCUT2D eigenvalue weighted by Gasteiger charge is -2.35. The molecule has 29 heavy (non-hydrogen) atoms. The second-order valence-electron chi connectivity index (χ2n) is 6.84. The molecule has 0 aliphatic carbocycles. The third-order valence-corrected chi connectivity index (χ3v) is 4.61. The van der Waals surface area contributed by atoms with Crippen LogP contribution in [0.3, 0.4) is 0 Å². The van der Waals surface area contributed by atoms with Crippen LogP contribution in [0.5, 0.6) is 0 Å². The van der Waals surface area contributed by atoms with E-state index in [1.54, 1.807) is 19.1 Å². The van der Waals surface area contributed by atoms with Crippen molar-refractivity contribution in [1.29, 1.82) is 0 Å². The summed E-state index contributed by atoms with van der Waals surface area (Å²) in [5, 5.41) is 3.75. The summed E-state index contributed by atoms with van der Waals surface area (Å²) >= 11 is 0. The largest absolute Gasteiger partial charge is 0.434 e. The number of benzene rings is 1. The molecule has 3 rings (SSSR count). The normalized spacial score (nSPS) is 16.3. The van der Waals surface area contributed by atoms with Crippen molar-refractivity contribution in [2.24, 2.45) is 0 Å². The lowest BCUT2D eigenvalue weighted by Crippen LogP contribution is -2.51. The molecule has 2 aromatic rings. The minimum atomic E-state index is -4.84. The van der Waals surface area contributed by atoms with Gasteiger partial charge in [-0.25, -0.2) is 4.68 Å². The first kappa shape index (κ1) is 21.2. The summed E-state index contributed by atoms with van der Waals surface area (Å²) in [6, 6.07) is 6.17. The molecule has 0 spiro atoms. The molecule has 11 heteroatoms. The number of piperazine rings is 1. The van der Waals surface area contributed by atoms with E-state index >= 15 is 0 Å². The summed E-state index contributed by atoms with van der Waals surface area (Å²) in [5.74, 6) is -0.901. The van der Waals surface area contributed by atoms with E-state index in [4.69, 9.17) is 0 Å². The minimum absolute atomic E-state index is 0.0707. The molecule has 0 saturated carbocycles. The van der Waals surface area contributed by atoms with Crippen LogP contribution >= 0.6 is 0 Å². The van der Waals surface area contributed by atoms with Crippen molar-refractivity contribution < 1.29 is 31.1 Å². The molecule has 1 aliphatic heterocycles. The number of aryl methyl sites for hydroxylation is 1. The Morgan fingerprint density at radius 2 is 1.59 bits per heavy atom. The number of hydrogen-bond acceptors (Lipinski definition) is 3. The van der Waals surface area contributed by atoms with Gasteiger partial charge in [0.05, 0.1) is 24.0 Å². The number of alkyl halides is 6. The van der Waals surface area contributed by atoms with Crippen LogP contribution in [-0.2, 0) is 6.18 Å². The van der Waals surface area contributed by atoms with E-state index in [0.29, 0.717) is 4.68 Å². The lowest BCUT2D eigenvalue weighted by molar-refractivity contribution is -0.149. The van der Waals surface area contributed by atoms with E-state index in [2.05, 4.69) is 5.10 Å². The molecule has 5 nitrogen and oxygen atoms in total. The minimum Gasteiger partial charge on any atom is -0.336 e. The Balaban J connectivity index is 1.84. The van der Waals surface area contributed by atoms with E-state index in [1.165, 1.54) is 12.1 Å². The van der Waals surface area contributed by atoms with Gasteiger partial charge in [0.2, 0.25) is 0 Å². The van der Waals surface area contributed by atoms with Crippen molar-refractivity contribution in [2.75, 3.05) is 32.7 Å². The maximum Gasteiger partial charge on any atom is 0.434 e. The van der Waals surface area contributed by atoms with Gasteiger partial charge >= 0.3 is 12.4 Å². The monoisotopic (exact) mass is 420 g/mol. The SMILES string of the molecule is Cc1ccc(-n2ncc(C(=O)N3CCN(CC(F)(F)F)CC3)c2C(F)(F)F)cc1.